The van der Waals surface area contributed by atoms with E-state index in [2.05, 4.69) is 0 Å². The summed E-state index contributed by atoms with van der Waals surface area (Å²) in [5, 5.41) is 0. The van der Waals surface area contributed by atoms with Gasteiger partial charge in [0.15, 0.2) is 0 Å². The van der Waals surface area contributed by atoms with E-state index in [1.165, 1.54) is 6.07 Å². The molecule has 0 amide bonds. The van der Waals surface area contributed by atoms with Gasteiger partial charge in [-0.3, -0.25) is 4.79 Å². The van der Waals surface area contributed by atoms with E-state index in [-0.39, 0.29) is 18.2 Å². The highest BCUT2D eigenvalue weighted by molar-refractivity contribution is 5.72. The molecule has 2 rings (SSSR count). The molecule has 0 aliphatic rings. The molecule has 3 heteroatoms. The molecule has 0 saturated carbocycles. The summed E-state index contributed by atoms with van der Waals surface area (Å²) < 4.78 is 18.4. The molecule has 2 nitrogen and oxygen atoms in total. The third-order valence-electron chi connectivity index (χ3n) is 2.53. The van der Waals surface area contributed by atoms with Gasteiger partial charge in [0.1, 0.15) is 11.6 Å². The van der Waals surface area contributed by atoms with Crippen LogP contribution in [-0.4, -0.2) is 5.97 Å². The molecule has 0 fully saturated rings. The average Bonchev–Trinajstić information content (AvgIpc) is 2.39. The van der Waals surface area contributed by atoms with Gasteiger partial charge in [0.25, 0.3) is 0 Å². The number of para-hydroxylation sites is 1. The number of ether oxygens (including phenoxy) is 1. The molecule has 0 N–H and O–H groups in total. The standard InChI is InChI=1S/C15H13FO2/c16-14-9-5-4-6-12(14)10-11-15(17)18-13-7-2-1-3-8-13/h1-9H,10-11H2. The lowest BCUT2D eigenvalue weighted by Crippen LogP contribution is -2.09. The van der Waals surface area contributed by atoms with Crippen molar-refractivity contribution in [2.24, 2.45) is 0 Å². The summed E-state index contributed by atoms with van der Waals surface area (Å²) >= 11 is 0. The van der Waals surface area contributed by atoms with Crippen LogP contribution >= 0.6 is 0 Å². The Kier molecular flexibility index (Phi) is 4.07. The molecule has 92 valence electrons. The van der Waals surface area contributed by atoms with Gasteiger partial charge in [-0.1, -0.05) is 36.4 Å². The minimum absolute atomic E-state index is 0.163. The predicted molar refractivity (Wildman–Crippen MR) is 66.8 cm³/mol. The topological polar surface area (TPSA) is 26.3 Å². The quantitative estimate of drug-likeness (QED) is 0.609. The monoisotopic (exact) mass is 244 g/mol. The molecule has 0 radical (unpaired) electrons. The van der Waals surface area contributed by atoms with Gasteiger partial charge in [-0.15, -0.1) is 0 Å². The lowest BCUT2D eigenvalue weighted by atomic mass is 10.1. The molecular weight excluding hydrogens is 231 g/mol. The largest absolute Gasteiger partial charge is 0.427 e. The van der Waals surface area contributed by atoms with Gasteiger partial charge >= 0.3 is 5.97 Å². The van der Waals surface area contributed by atoms with Crippen LogP contribution in [0.25, 0.3) is 0 Å². The number of aryl methyl sites for hydroxylation is 1. The molecule has 2 aromatic rings. The van der Waals surface area contributed by atoms with E-state index in [4.69, 9.17) is 4.74 Å². The summed E-state index contributed by atoms with van der Waals surface area (Å²) in [6.45, 7) is 0. The van der Waals surface area contributed by atoms with Crippen LogP contribution in [0.5, 0.6) is 5.75 Å². The molecule has 0 saturated heterocycles. The molecule has 0 aliphatic heterocycles. The van der Waals surface area contributed by atoms with Crippen molar-refractivity contribution in [1.82, 2.24) is 0 Å². The van der Waals surface area contributed by atoms with Crippen LogP contribution in [0.2, 0.25) is 0 Å². The maximum Gasteiger partial charge on any atom is 0.311 e. The molecule has 0 aliphatic carbocycles. The summed E-state index contributed by atoms with van der Waals surface area (Å²) in [6, 6.07) is 15.3. The Hall–Kier alpha value is -2.16. The molecule has 0 heterocycles. The van der Waals surface area contributed by atoms with Crippen molar-refractivity contribution >= 4 is 5.97 Å². The molecule has 2 aromatic carbocycles. The Morgan fingerprint density at radius 3 is 2.39 bits per heavy atom. The number of carbonyl (C=O) groups excluding carboxylic acids is 1. The lowest BCUT2D eigenvalue weighted by molar-refractivity contribution is -0.134. The number of hydrogen-bond donors (Lipinski definition) is 0. The highest BCUT2D eigenvalue weighted by atomic mass is 19.1. The average molecular weight is 244 g/mol. The lowest BCUT2D eigenvalue weighted by Gasteiger charge is -2.04. The van der Waals surface area contributed by atoms with Gasteiger partial charge in [0.2, 0.25) is 0 Å². The van der Waals surface area contributed by atoms with E-state index in [1.54, 1.807) is 42.5 Å². The van der Waals surface area contributed by atoms with Crippen LogP contribution in [-0.2, 0) is 11.2 Å². The molecule has 0 atom stereocenters. The van der Waals surface area contributed by atoms with E-state index in [0.29, 0.717) is 17.7 Å². The summed E-state index contributed by atoms with van der Waals surface area (Å²) in [6.07, 6.45) is 0.508. The fraction of sp³-hybridized carbons (Fsp3) is 0.133. The number of carbonyl (C=O) groups is 1. The number of esters is 1. The van der Waals surface area contributed by atoms with E-state index in [0.717, 1.165) is 0 Å². The van der Waals surface area contributed by atoms with Crippen molar-refractivity contribution in [3.8, 4) is 5.75 Å². The Morgan fingerprint density at radius 2 is 1.67 bits per heavy atom. The molecule has 0 unspecified atom stereocenters. The van der Waals surface area contributed by atoms with Crippen molar-refractivity contribution in [2.75, 3.05) is 0 Å². The van der Waals surface area contributed by atoms with Crippen LogP contribution in [0.3, 0.4) is 0 Å². The highest BCUT2D eigenvalue weighted by Gasteiger charge is 2.07. The van der Waals surface area contributed by atoms with Crippen molar-refractivity contribution in [1.29, 1.82) is 0 Å². The molecular formula is C15H13FO2. The van der Waals surface area contributed by atoms with Crippen molar-refractivity contribution in [2.45, 2.75) is 12.8 Å². The van der Waals surface area contributed by atoms with Crippen LogP contribution in [0, 0.1) is 5.82 Å². The van der Waals surface area contributed by atoms with Gasteiger partial charge < -0.3 is 4.74 Å². The molecule has 0 spiro atoms. The van der Waals surface area contributed by atoms with Crippen molar-refractivity contribution < 1.29 is 13.9 Å². The minimum Gasteiger partial charge on any atom is -0.427 e. The SMILES string of the molecule is O=C(CCc1ccccc1F)Oc1ccccc1. The van der Waals surface area contributed by atoms with Gasteiger partial charge in [-0.05, 0) is 30.2 Å². The Balaban J connectivity index is 1.88. The number of rotatable bonds is 4. The minimum atomic E-state index is -0.357. The van der Waals surface area contributed by atoms with Crippen LogP contribution < -0.4 is 4.74 Å². The van der Waals surface area contributed by atoms with Gasteiger partial charge in [-0.2, -0.15) is 0 Å². The van der Waals surface area contributed by atoms with Gasteiger partial charge in [-0.25, -0.2) is 4.39 Å². The molecule has 0 bridgehead atoms. The van der Waals surface area contributed by atoms with Crippen LogP contribution in [0.1, 0.15) is 12.0 Å². The normalized spacial score (nSPS) is 10.1. The van der Waals surface area contributed by atoms with Gasteiger partial charge in [0, 0.05) is 0 Å². The van der Waals surface area contributed by atoms with E-state index in [9.17, 15) is 9.18 Å². The van der Waals surface area contributed by atoms with Crippen molar-refractivity contribution in [3.05, 3.63) is 66.0 Å². The molecule has 0 aromatic heterocycles. The Bertz CT molecular complexity index is 523. The zero-order valence-corrected chi connectivity index (χ0v) is 9.80. The summed E-state index contributed by atoms with van der Waals surface area (Å²) in [7, 11) is 0. The fourth-order valence-electron chi connectivity index (χ4n) is 1.61. The summed E-state index contributed by atoms with van der Waals surface area (Å²) in [5.41, 5.74) is 0.530. The maximum absolute atomic E-state index is 13.3. The number of halogens is 1. The first-order chi connectivity index (χ1) is 8.75. The Morgan fingerprint density at radius 1 is 1.00 bits per heavy atom. The van der Waals surface area contributed by atoms with Crippen molar-refractivity contribution in [3.63, 3.8) is 0 Å². The smallest absolute Gasteiger partial charge is 0.311 e. The first-order valence-electron chi connectivity index (χ1n) is 5.75. The van der Waals surface area contributed by atoms with E-state index < -0.39 is 0 Å². The number of hydrogen-bond acceptors (Lipinski definition) is 2. The van der Waals surface area contributed by atoms with Crippen LogP contribution in [0.15, 0.2) is 54.6 Å². The fourth-order valence-corrected chi connectivity index (χ4v) is 1.61. The Labute approximate surface area is 105 Å². The highest BCUT2D eigenvalue weighted by Crippen LogP contribution is 2.12. The maximum atomic E-state index is 13.3. The zero-order valence-electron chi connectivity index (χ0n) is 9.80. The second kappa shape index (κ2) is 5.96. The third-order valence-corrected chi connectivity index (χ3v) is 2.53. The first-order valence-corrected chi connectivity index (χ1v) is 5.75. The van der Waals surface area contributed by atoms with E-state index >= 15 is 0 Å². The van der Waals surface area contributed by atoms with Crippen LogP contribution in [0.4, 0.5) is 4.39 Å². The summed E-state index contributed by atoms with van der Waals surface area (Å²) in [5.74, 6) is -0.134. The number of benzene rings is 2. The first kappa shape index (κ1) is 12.3. The molecule has 18 heavy (non-hydrogen) atoms. The predicted octanol–water partition coefficient (Wildman–Crippen LogP) is 3.36. The summed E-state index contributed by atoms with van der Waals surface area (Å²) in [4.78, 5) is 11.6. The second-order valence-corrected chi connectivity index (χ2v) is 3.88. The van der Waals surface area contributed by atoms with Gasteiger partial charge in [0.05, 0.1) is 6.42 Å². The zero-order chi connectivity index (χ0) is 12.8. The second-order valence-electron chi connectivity index (χ2n) is 3.88. The van der Waals surface area contributed by atoms with E-state index in [1.807, 2.05) is 6.07 Å². The third kappa shape index (κ3) is 3.42.